The predicted octanol–water partition coefficient (Wildman–Crippen LogP) is 3.04. The zero-order valence-corrected chi connectivity index (χ0v) is 11.4. The summed E-state index contributed by atoms with van der Waals surface area (Å²) in [7, 11) is 0. The molecule has 0 saturated carbocycles. The number of carbonyl (C=O) groups is 1. The first-order valence-electron chi connectivity index (χ1n) is 6.40. The lowest BCUT2D eigenvalue weighted by molar-refractivity contribution is -0.128. The first-order chi connectivity index (χ1) is 8.97. The van der Waals surface area contributed by atoms with Crippen molar-refractivity contribution in [2.75, 3.05) is 0 Å². The number of nitrogens with one attached hydrogen (secondary N) is 1. The molecule has 5 heteroatoms. The van der Waals surface area contributed by atoms with E-state index in [0.717, 1.165) is 25.0 Å². The fraction of sp³-hybridized carbons (Fsp3) is 0.500. The Bertz CT molecular complexity index is 433. The van der Waals surface area contributed by atoms with E-state index in [1.807, 2.05) is 13.8 Å². The van der Waals surface area contributed by atoms with Gasteiger partial charge in [-0.05, 0) is 31.9 Å². The number of halogens is 2. The minimum absolute atomic E-state index is 0.100. The molecule has 0 aliphatic heterocycles. The Hall–Kier alpha value is -1.65. The highest BCUT2D eigenvalue weighted by molar-refractivity contribution is 5.81. The molecule has 0 fully saturated rings. The zero-order chi connectivity index (χ0) is 14.4. The molecule has 0 saturated heterocycles. The summed E-state index contributed by atoms with van der Waals surface area (Å²) >= 11 is 0. The van der Waals surface area contributed by atoms with E-state index in [4.69, 9.17) is 4.74 Å². The monoisotopic (exact) mass is 271 g/mol. The molecule has 106 valence electrons. The number of benzene rings is 1. The first-order valence-corrected chi connectivity index (χ1v) is 6.40. The third kappa shape index (κ3) is 4.50. The number of amides is 1. The van der Waals surface area contributed by atoms with Crippen LogP contribution in [0.2, 0.25) is 0 Å². The van der Waals surface area contributed by atoms with E-state index in [9.17, 15) is 13.6 Å². The minimum atomic E-state index is -0.995. The molecule has 3 nitrogen and oxygen atoms in total. The van der Waals surface area contributed by atoms with E-state index >= 15 is 0 Å². The van der Waals surface area contributed by atoms with Gasteiger partial charge in [-0.2, -0.15) is 0 Å². The summed E-state index contributed by atoms with van der Waals surface area (Å²) in [4.78, 5) is 11.8. The van der Waals surface area contributed by atoms with Crippen molar-refractivity contribution in [3.63, 3.8) is 0 Å². The van der Waals surface area contributed by atoms with Crippen molar-refractivity contribution < 1.29 is 18.3 Å². The summed E-state index contributed by atoms with van der Waals surface area (Å²) in [6.45, 7) is 5.53. The van der Waals surface area contributed by atoms with Gasteiger partial charge >= 0.3 is 0 Å². The van der Waals surface area contributed by atoms with Gasteiger partial charge in [0.05, 0.1) is 0 Å². The first kappa shape index (κ1) is 15.4. The Morgan fingerprint density at radius 3 is 2.42 bits per heavy atom. The van der Waals surface area contributed by atoms with E-state index in [2.05, 4.69) is 5.32 Å². The van der Waals surface area contributed by atoms with Gasteiger partial charge in [0.2, 0.25) is 0 Å². The lowest BCUT2D eigenvalue weighted by Crippen LogP contribution is -2.42. The van der Waals surface area contributed by atoms with Crippen LogP contribution < -0.4 is 10.1 Å². The average molecular weight is 271 g/mol. The standard InChI is InChI=1S/C14H19F2NO2/c1-4-10(5-2)17-14(18)9(3)19-11-6-7-12(15)13(16)8-11/h6-10H,4-5H2,1-3H3,(H,17,18). The average Bonchev–Trinajstić information content (AvgIpc) is 2.39. The Morgan fingerprint density at radius 2 is 1.89 bits per heavy atom. The Labute approximate surface area is 112 Å². The maximum absolute atomic E-state index is 13.0. The van der Waals surface area contributed by atoms with Crippen molar-refractivity contribution in [3.05, 3.63) is 29.8 Å². The lowest BCUT2D eigenvalue weighted by Gasteiger charge is -2.19. The number of ether oxygens (including phenoxy) is 1. The van der Waals surface area contributed by atoms with Gasteiger partial charge in [-0.3, -0.25) is 4.79 Å². The third-order valence-corrected chi connectivity index (χ3v) is 2.91. The maximum atomic E-state index is 13.0. The van der Waals surface area contributed by atoms with E-state index in [1.165, 1.54) is 6.07 Å². The molecule has 1 aromatic rings. The van der Waals surface area contributed by atoms with E-state index in [-0.39, 0.29) is 17.7 Å². The molecule has 1 amide bonds. The Balaban J connectivity index is 2.60. The smallest absolute Gasteiger partial charge is 0.260 e. The van der Waals surface area contributed by atoms with Gasteiger partial charge in [0.1, 0.15) is 5.75 Å². The number of hydrogen-bond acceptors (Lipinski definition) is 2. The van der Waals surface area contributed by atoms with Gasteiger partial charge in [-0.1, -0.05) is 13.8 Å². The number of rotatable bonds is 6. The molecule has 0 spiro atoms. The maximum Gasteiger partial charge on any atom is 0.260 e. The topological polar surface area (TPSA) is 38.3 Å². The largest absolute Gasteiger partial charge is 0.481 e. The van der Waals surface area contributed by atoms with E-state index in [0.29, 0.717) is 0 Å². The third-order valence-electron chi connectivity index (χ3n) is 2.91. The molecule has 19 heavy (non-hydrogen) atoms. The summed E-state index contributed by atoms with van der Waals surface area (Å²) in [5.41, 5.74) is 0. The molecule has 1 unspecified atom stereocenters. The lowest BCUT2D eigenvalue weighted by atomic mass is 10.1. The van der Waals surface area contributed by atoms with Crippen LogP contribution in [0.1, 0.15) is 33.6 Å². The van der Waals surface area contributed by atoms with Crippen LogP contribution in [0, 0.1) is 11.6 Å². The van der Waals surface area contributed by atoms with Gasteiger partial charge < -0.3 is 10.1 Å². The van der Waals surface area contributed by atoms with Crippen LogP contribution in [0.25, 0.3) is 0 Å². The molecule has 0 aromatic heterocycles. The van der Waals surface area contributed by atoms with E-state index < -0.39 is 17.7 Å². The summed E-state index contributed by atoms with van der Waals surface area (Å²) in [5.74, 6) is -2.07. The van der Waals surface area contributed by atoms with Gasteiger partial charge in [-0.15, -0.1) is 0 Å². The Morgan fingerprint density at radius 1 is 1.26 bits per heavy atom. The van der Waals surface area contributed by atoms with Crippen LogP contribution in [0.3, 0.4) is 0 Å². The van der Waals surface area contributed by atoms with Crippen molar-refractivity contribution >= 4 is 5.91 Å². The second kappa shape index (κ2) is 7.07. The van der Waals surface area contributed by atoms with Crippen LogP contribution in [-0.2, 0) is 4.79 Å². The summed E-state index contributed by atoms with van der Waals surface area (Å²) < 4.78 is 31.0. The fourth-order valence-electron chi connectivity index (χ4n) is 1.62. The van der Waals surface area contributed by atoms with Crippen LogP contribution in [0.5, 0.6) is 5.75 Å². The van der Waals surface area contributed by atoms with Crippen LogP contribution in [-0.4, -0.2) is 18.1 Å². The Kier molecular flexibility index (Phi) is 5.73. The van der Waals surface area contributed by atoms with Gasteiger partial charge in [0.25, 0.3) is 5.91 Å². The van der Waals surface area contributed by atoms with Crippen molar-refractivity contribution in [2.45, 2.75) is 45.8 Å². The normalized spacial score (nSPS) is 12.3. The van der Waals surface area contributed by atoms with Crippen molar-refractivity contribution in [1.82, 2.24) is 5.32 Å². The number of carbonyl (C=O) groups excluding carboxylic acids is 1. The molecule has 1 N–H and O–H groups in total. The molecule has 1 atom stereocenters. The molecule has 0 radical (unpaired) electrons. The highest BCUT2D eigenvalue weighted by Crippen LogP contribution is 2.16. The summed E-state index contributed by atoms with van der Waals surface area (Å²) in [6.07, 6.45) is 0.908. The SMILES string of the molecule is CCC(CC)NC(=O)C(C)Oc1ccc(F)c(F)c1. The summed E-state index contributed by atoms with van der Waals surface area (Å²) in [5, 5.41) is 2.83. The summed E-state index contributed by atoms with van der Waals surface area (Å²) in [6, 6.07) is 3.29. The van der Waals surface area contributed by atoms with Crippen molar-refractivity contribution in [1.29, 1.82) is 0 Å². The fourth-order valence-corrected chi connectivity index (χ4v) is 1.62. The second-order valence-electron chi connectivity index (χ2n) is 4.36. The van der Waals surface area contributed by atoms with Crippen molar-refractivity contribution in [2.24, 2.45) is 0 Å². The zero-order valence-electron chi connectivity index (χ0n) is 11.4. The molecule has 1 rings (SSSR count). The quantitative estimate of drug-likeness (QED) is 0.863. The van der Waals surface area contributed by atoms with Crippen LogP contribution >= 0.6 is 0 Å². The molecule has 0 aliphatic rings. The molecular formula is C14H19F2NO2. The molecule has 0 aliphatic carbocycles. The second-order valence-corrected chi connectivity index (χ2v) is 4.36. The molecule has 0 heterocycles. The van der Waals surface area contributed by atoms with E-state index in [1.54, 1.807) is 6.92 Å². The highest BCUT2D eigenvalue weighted by atomic mass is 19.2. The van der Waals surface area contributed by atoms with Crippen LogP contribution in [0.4, 0.5) is 8.78 Å². The highest BCUT2D eigenvalue weighted by Gasteiger charge is 2.17. The molecular weight excluding hydrogens is 252 g/mol. The van der Waals surface area contributed by atoms with Gasteiger partial charge in [-0.25, -0.2) is 8.78 Å². The predicted molar refractivity (Wildman–Crippen MR) is 69.0 cm³/mol. The number of hydrogen-bond donors (Lipinski definition) is 1. The minimum Gasteiger partial charge on any atom is -0.481 e. The van der Waals surface area contributed by atoms with Gasteiger partial charge in [0.15, 0.2) is 17.7 Å². The van der Waals surface area contributed by atoms with Crippen molar-refractivity contribution in [3.8, 4) is 5.75 Å². The molecule has 1 aromatic carbocycles. The molecule has 0 bridgehead atoms. The van der Waals surface area contributed by atoms with Gasteiger partial charge in [0, 0.05) is 12.1 Å². The van der Waals surface area contributed by atoms with Crippen LogP contribution in [0.15, 0.2) is 18.2 Å².